The van der Waals surface area contributed by atoms with E-state index in [1.54, 1.807) is 18.1 Å². The van der Waals surface area contributed by atoms with Crippen LogP contribution in [0.4, 0.5) is 5.69 Å². The molecule has 100 valence electrons. The highest BCUT2D eigenvalue weighted by molar-refractivity contribution is 5.92. The number of likely N-dealkylation sites (N-methyl/N-ethyl adjacent to an activating group) is 1. The predicted molar refractivity (Wildman–Crippen MR) is 72.5 cm³/mol. The molecular weight excluding hydrogens is 242 g/mol. The van der Waals surface area contributed by atoms with Gasteiger partial charge >= 0.3 is 0 Å². The average molecular weight is 259 g/mol. The average Bonchev–Trinajstić information content (AvgIpc) is 2.85. The Hall–Kier alpha value is -2.21. The molecule has 1 heterocycles. The van der Waals surface area contributed by atoms with Gasteiger partial charge in [0.15, 0.2) is 0 Å². The Morgan fingerprint density at radius 1 is 1.47 bits per heavy atom. The summed E-state index contributed by atoms with van der Waals surface area (Å²) in [6, 6.07) is 7.78. The molecule has 2 N–H and O–H groups in total. The summed E-state index contributed by atoms with van der Waals surface area (Å²) in [7, 11) is 1.75. The fourth-order valence-corrected chi connectivity index (χ4v) is 1.73. The van der Waals surface area contributed by atoms with E-state index >= 15 is 0 Å². The quantitative estimate of drug-likeness (QED) is 0.877. The lowest BCUT2D eigenvalue weighted by atomic mass is 10.2. The molecule has 6 heteroatoms. The number of aromatic nitrogens is 3. The number of aryl methyl sites for hydroxylation is 1. The maximum Gasteiger partial charge on any atom is 0.248 e. The van der Waals surface area contributed by atoms with E-state index in [1.165, 1.54) is 4.68 Å². The summed E-state index contributed by atoms with van der Waals surface area (Å²) in [5, 5.41) is 7.71. The Morgan fingerprint density at radius 3 is 2.89 bits per heavy atom. The topological polar surface area (TPSA) is 77.0 Å². The molecule has 0 atom stereocenters. The minimum Gasteiger partial charge on any atom is -0.325 e. The van der Waals surface area contributed by atoms with Crippen molar-refractivity contribution in [2.24, 2.45) is 5.73 Å². The van der Waals surface area contributed by atoms with Crippen molar-refractivity contribution in [3.8, 4) is 0 Å². The highest BCUT2D eigenvalue weighted by Crippen LogP contribution is 2.14. The van der Waals surface area contributed by atoms with E-state index in [2.05, 4.69) is 10.3 Å². The normalized spacial score (nSPS) is 10.5. The van der Waals surface area contributed by atoms with Gasteiger partial charge in [0.25, 0.3) is 0 Å². The van der Waals surface area contributed by atoms with Crippen LogP contribution in [0.3, 0.4) is 0 Å². The van der Waals surface area contributed by atoms with E-state index in [0.29, 0.717) is 12.2 Å². The van der Waals surface area contributed by atoms with Gasteiger partial charge in [-0.15, -0.1) is 5.10 Å². The maximum atomic E-state index is 12.1. The van der Waals surface area contributed by atoms with Crippen molar-refractivity contribution >= 4 is 11.6 Å². The highest BCUT2D eigenvalue weighted by Gasteiger charge is 2.12. The van der Waals surface area contributed by atoms with E-state index in [9.17, 15) is 4.79 Å². The van der Waals surface area contributed by atoms with E-state index < -0.39 is 0 Å². The Kier molecular flexibility index (Phi) is 3.91. The van der Waals surface area contributed by atoms with Gasteiger partial charge in [-0.25, -0.2) is 4.68 Å². The van der Waals surface area contributed by atoms with Crippen molar-refractivity contribution in [3.63, 3.8) is 0 Å². The number of benzene rings is 1. The summed E-state index contributed by atoms with van der Waals surface area (Å²) in [4.78, 5) is 13.7. The first-order valence-electron chi connectivity index (χ1n) is 6.02. The lowest BCUT2D eigenvalue weighted by molar-refractivity contribution is -0.119. The zero-order chi connectivity index (χ0) is 13.8. The van der Waals surface area contributed by atoms with Crippen LogP contribution in [0.2, 0.25) is 0 Å². The molecular formula is C13H17N5O. The third-order valence-corrected chi connectivity index (χ3v) is 2.86. The molecule has 0 fully saturated rings. The van der Waals surface area contributed by atoms with Crippen LogP contribution in [-0.4, -0.2) is 27.9 Å². The van der Waals surface area contributed by atoms with Crippen LogP contribution < -0.4 is 10.6 Å². The monoisotopic (exact) mass is 259 g/mol. The summed E-state index contributed by atoms with van der Waals surface area (Å²) in [6.45, 7) is 2.46. The minimum atomic E-state index is -0.0564. The molecule has 19 heavy (non-hydrogen) atoms. The third-order valence-electron chi connectivity index (χ3n) is 2.86. The standard InChI is InChI=1S/C13H17N5O/c1-10-4-3-5-12(6-10)17(2)13(19)9-18-8-11(7-14)15-16-18/h3-6,8H,7,9,14H2,1-2H3. The van der Waals surface area contributed by atoms with Gasteiger partial charge < -0.3 is 10.6 Å². The second kappa shape index (κ2) is 5.62. The van der Waals surface area contributed by atoms with Crippen molar-refractivity contribution in [1.29, 1.82) is 0 Å². The van der Waals surface area contributed by atoms with E-state index in [4.69, 9.17) is 5.73 Å². The Balaban J connectivity index is 2.07. The van der Waals surface area contributed by atoms with Crippen molar-refractivity contribution in [1.82, 2.24) is 15.0 Å². The fraction of sp³-hybridized carbons (Fsp3) is 0.308. The number of carbonyl (C=O) groups excluding carboxylic acids is 1. The van der Waals surface area contributed by atoms with Crippen LogP contribution in [0.15, 0.2) is 30.5 Å². The van der Waals surface area contributed by atoms with Gasteiger partial charge in [-0.3, -0.25) is 4.79 Å². The van der Waals surface area contributed by atoms with Crippen LogP contribution in [-0.2, 0) is 17.9 Å². The fourth-order valence-electron chi connectivity index (χ4n) is 1.73. The number of nitrogens with two attached hydrogens (primary N) is 1. The molecule has 0 bridgehead atoms. The Bertz CT molecular complexity index is 578. The van der Waals surface area contributed by atoms with Gasteiger partial charge in [0.05, 0.1) is 11.9 Å². The highest BCUT2D eigenvalue weighted by atomic mass is 16.2. The first kappa shape index (κ1) is 13.2. The number of carbonyl (C=O) groups is 1. The largest absolute Gasteiger partial charge is 0.325 e. The Labute approximate surface area is 111 Å². The molecule has 1 aromatic carbocycles. The van der Waals surface area contributed by atoms with Crippen LogP contribution in [0.25, 0.3) is 0 Å². The molecule has 2 aromatic rings. The first-order valence-corrected chi connectivity index (χ1v) is 6.02. The molecule has 1 aromatic heterocycles. The lowest BCUT2D eigenvalue weighted by Crippen LogP contribution is -2.30. The molecule has 0 spiro atoms. The molecule has 6 nitrogen and oxygen atoms in total. The molecule has 0 saturated carbocycles. The number of hydrogen-bond acceptors (Lipinski definition) is 4. The zero-order valence-corrected chi connectivity index (χ0v) is 11.1. The summed E-state index contributed by atoms with van der Waals surface area (Å²) < 4.78 is 1.50. The van der Waals surface area contributed by atoms with Gasteiger partial charge in [0, 0.05) is 19.3 Å². The molecule has 0 aliphatic heterocycles. The second-order valence-electron chi connectivity index (χ2n) is 4.40. The summed E-state index contributed by atoms with van der Waals surface area (Å²) >= 11 is 0. The third kappa shape index (κ3) is 3.17. The summed E-state index contributed by atoms with van der Waals surface area (Å²) in [6.07, 6.45) is 1.68. The molecule has 0 unspecified atom stereocenters. The number of hydrogen-bond donors (Lipinski definition) is 1. The number of rotatable bonds is 4. The molecule has 0 aliphatic rings. The molecule has 1 amide bonds. The van der Waals surface area contributed by atoms with Gasteiger partial charge in [0.1, 0.15) is 6.54 Å². The second-order valence-corrected chi connectivity index (χ2v) is 4.40. The van der Waals surface area contributed by atoms with Crippen molar-refractivity contribution in [2.45, 2.75) is 20.0 Å². The summed E-state index contributed by atoms with van der Waals surface area (Å²) in [5.41, 5.74) is 8.10. The maximum absolute atomic E-state index is 12.1. The number of anilines is 1. The predicted octanol–water partition coefficient (Wildman–Crippen LogP) is 0.708. The van der Waals surface area contributed by atoms with Gasteiger partial charge in [-0.1, -0.05) is 17.3 Å². The smallest absolute Gasteiger partial charge is 0.248 e. The van der Waals surface area contributed by atoms with E-state index in [-0.39, 0.29) is 12.5 Å². The van der Waals surface area contributed by atoms with Crippen molar-refractivity contribution in [3.05, 3.63) is 41.7 Å². The van der Waals surface area contributed by atoms with Crippen LogP contribution in [0, 0.1) is 6.92 Å². The first-order chi connectivity index (χ1) is 9.10. The summed E-state index contributed by atoms with van der Waals surface area (Å²) in [5.74, 6) is -0.0564. The molecule has 0 aliphatic carbocycles. The zero-order valence-electron chi connectivity index (χ0n) is 11.1. The van der Waals surface area contributed by atoms with Crippen LogP contribution in [0.5, 0.6) is 0 Å². The van der Waals surface area contributed by atoms with Gasteiger partial charge in [-0.05, 0) is 24.6 Å². The van der Waals surface area contributed by atoms with Crippen molar-refractivity contribution < 1.29 is 4.79 Å². The molecule has 0 saturated heterocycles. The Morgan fingerprint density at radius 2 is 2.26 bits per heavy atom. The van der Waals surface area contributed by atoms with Crippen LogP contribution in [0.1, 0.15) is 11.3 Å². The van der Waals surface area contributed by atoms with E-state index in [0.717, 1.165) is 11.3 Å². The van der Waals surface area contributed by atoms with Crippen LogP contribution >= 0.6 is 0 Å². The lowest BCUT2D eigenvalue weighted by Gasteiger charge is -2.17. The number of amides is 1. The molecule has 0 radical (unpaired) electrons. The van der Waals surface area contributed by atoms with Crippen molar-refractivity contribution in [2.75, 3.05) is 11.9 Å². The SMILES string of the molecule is Cc1cccc(N(C)C(=O)Cn2cc(CN)nn2)c1. The van der Waals surface area contributed by atoms with Gasteiger partial charge in [-0.2, -0.15) is 0 Å². The van der Waals surface area contributed by atoms with Gasteiger partial charge in [0.2, 0.25) is 5.91 Å². The van der Waals surface area contributed by atoms with E-state index in [1.807, 2.05) is 31.2 Å². The number of nitrogens with zero attached hydrogens (tertiary/aromatic N) is 4. The minimum absolute atomic E-state index is 0.0564. The molecule has 2 rings (SSSR count).